The Labute approximate surface area is 141 Å². The van der Waals surface area contributed by atoms with E-state index in [0.717, 1.165) is 24.5 Å². The molecule has 3 aromatic rings. The van der Waals surface area contributed by atoms with E-state index in [1.165, 1.54) is 16.8 Å². The summed E-state index contributed by atoms with van der Waals surface area (Å²) in [6.45, 7) is 2.94. The van der Waals surface area contributed by atoms with Crippen LogP contribution in [0.2, 0.25) is 0 Å². The smallest absolute Gasteiger partial charge is 0.161 e. The van der Waals surface area contributed by atoms with Crippen LogP contribution in [0.1, 0.15) is 11.1 Å². The molecule has 4 rings (SSSR count). The molecule has 1 aromatic heterocycles. The number of nitrogen functional groups attached to an aromatic ring is 1. The zero-order valence-electron chi connectivity index (χ0n) is 13.5. The van der Waals surface area contributed by atoms with E-state index in [0.29, 0.717) is 11.5 Å². The molecule has 120 valence electrons. The lowest BCUT2D eigenvalue weighted by atomic mass is 10.2. The predicted octanol–water partition coefficient (Wildman–Crippen LogP) is 3.81. The van der Waals surface area contributed by atoms with Crippen LogP contribution in [0.4, 0.5) is 28.7 Å². The lowest BCUT2D eigenvalue weighted by Gasteiger charge is -2.21. The van der Waals surface area contributed by atoms with Gasteiger partial charge in [-0.1, -0.05) is 35.9 Å². The van der Waals surface area contributed by atoms with Crippen LogP contribution in [0.15, 0.2) is 54.9 Å². The van der Waals surface area contributed by atoms with Crippen molar-refractivity contribution < 1.29 is 0 Å². The Hall–Kier alpha value is -3.08. The summed E-state index contributed by atoms with van der Waals surface area (Å²) in [5.74, 6) is 1.39. The third-order valence-electron chi connectivity index (χ3n) is 4.32. The molecule has 2 heterocycles. The molecule has 24 heavy (non-hydrogen) atoms. The molecule has 0 saturated carbocycles. The highest BCUT2D eigenvalue weighted by molar-refractivity contribution is 5.83. The van der Waals surface area contributed by atoms with Gasteiger partial charge in [0.1, 0.15) is 12.0 Å². The fourth-order valence-electron chi connectivity index (χ4n) is 3.03. The Balaban J connectivity index is 1.68. The number of hydrogen-bond acceptors (Lipinski definition) is 5. The molecular formula is C19H19N5. The Kier molecular flexibility index (Phi) is 3.54. The maximum Gasteiger partial charge on any atom is 0.161 e. The number of benzene rings is 2. The second-order valence-electron chi connectivity index (χ2n) is 5.98. The third kappa shape index (κ3) is 2.54. The number of nitrogens with zero attached hydrogens (tertiary/aromatic N) is 3. The largest absolute Gasteiger partial charge is 0.393 e. The molecule has 0 saturated heterocycles. The van der Waals surface area contributed by atoms with Crippen molar-refractivity contribution in [2.24, 2.45) is 0 Å². The quantitative estimate of drug-likeness (QED) is 0.769. The monoisotopic (exact) mass is 317 g/mol. The summed E-state index contributed by atoms with van der Waals surface area (Å²) in [5, 5.41) is 3.28. The van der Waals surface area contributed by atoms with Crippen molar-refractivity contribution in [2.45, 2.75) is 13.3 Å². The Morgan fingerprint density at radius 1 is 1.04 bits per heavy atom. The molecule has 0 amide bonds. The van der Waals surface area contributed by atoms with E-state index < -0.39 is 0 Å². The second kappa shape index (κ2) is 5.85. The summed E-state index contributed by atoms with van der Waals surface area (Å²) in [5.41, 5.74) is 11.6. The first kappa shape index (κ1) is 14.5. The van der Waals surface area contributed by atoms with E-state index in [9.17, 15) is 0 Å². The molecule has 1 aliphatic heterocycles. The molecule has 0 fully saturated rings. The summed E-state index contributed by atoms with van der Waals surface area (Å²) < 4.78 is 0. The second-order valence-corrected chi connectivity index (χ2v) is 5.98. The van der Waals surface area contributed by atoms with E-state index in [2.05, 4.69) is 57.4 Å². The number of hydrogen-bond donors (Lipinski definition) is 2. The number of aromatic nitrogens is 2. The molecule has 0 atom stereocenters. The lowest BCUT2D eigenvalue weighted by Crippen LogP contribution is -2.17. The zero-order valence-corrected chi connectivity index (χ0v) is 13.5. The van der Waals surface area contributed by atoms with Gasteiger partial charge in [-0.25, -0.2) is 9.97 Å². The SMILES string of the molecule is Cc1ccc(Nc2ncnc(N3CCc4ccccc43)c2N)cc1. The Morgan fingerprint density at radius 3 is 2.67 bits per heavy atom. The average Bonchev–Trinajstić information content (AvgIpc) is 3.03. The van der Waals surface area contributed by atoms with Crippen LogP contribution in [0.5, 0.6) is 0 Å². The highest BCUT2D eigenvalue weighted by Gasteiger charge is 2.23. The van der Waals surface area contributed by atoms with Crippen molar-refractivity contribution in [1.82, 2.24) is 9.97 Å². The lowest BCUT2D eigenvalue weighted by molar-refractivity contribution is 0.967. The van der Waals surface area contributed by atoms with Crippen LogP contribution >= 0.6 is 0 Å². The number of fused-ring (bicyclic) bond motifs is 1. The minimum Gasteiger partial charge on any atom is -0.393 e. The number of anilines is 5. The van der Waals surface area contributed by atoms with E-state index in [1.54, 1.807) is 6.33 Å². The van der Waals surface area contributed by atoms with Crippen molar-refractivity contribution >= 4 is 28.7 Å². The fourth-order valence-corrected chi connectivity index (χ4v) is 3.03. The molecule has 0 unspecified atom stereocenters. The van der Waals surface area contributed by atoms with Crippen LogP contribution in [0.25, 0.3) is 0 Å². The molecule has 5 nitrogen and oxygen atoms in total. The Morgan fingerprint density at radius 2 is 1.83 bits per heavy atom. The van der Waals surface area contributed by atoms with Gasteiger partial charge in [0.2, 0.25) is 0 Å². The van der Waals surface area contributed by atoms with Gasteiger partial charge in [-0.15, -0.1) is 0 Å². The van der Waals surface area contributed by atoms with Gasteiger partial charge < -0.3 is 16.0 Å². The minimum absolute atomic E-state index is 0.565. The van der Waals surface area contributed by atoms with Gasteiger partial charge in [0.15, 0.2) is 11.6 Å². The molecule has 2 aromatic carbocycles. The number of nitrogens with two attached hydrogens (primary N) is 1. The number of para-hydroxylation sites is 1. The minimum atomic E-state index is 0.565. The molecular weight excluding hydrogens is 298 g/mol. The van der Waals surface area contributed by atoms with Gasteiger partial charge in [-0.2, -0.15) is 0 Å². The molecule has 0 spiro atoms. The first-order valence-corrected chi connectivity index (χ1v) is 8.02. The molecule has 5 heteroatoms. The van der Waals surface area contributed by atoms with Gasteiger partial charge >= 0.3 is 0 Å². The highest BCUT2D eigenvalue weighted by atomic mass is 15.2. The summed E-state index contributed by atoms with van der Waals surface area (Å²) in [6, 6.07) is 16.5. The fraction of sp³-hybridized carbons (Fsp3) is 0.158. The Bertz CT molecular complexity index is 873. The van der Waals surface area contributed by atoms with Crippen LogP contribution in [0, 0.1) is 6.92 Å². The molecule has 0 bridgehead atoms. The topological polar surface area (TPSA) is 67.1 Å². The summed E-state index contributed by atoms with van der Waals surface area (Å²) in [7, 11) is 0. The zero-order chi connectivity index (χ0) is 16.5. The standard InChI is InChI=1S/C19H19N5/c1-13-6-8-15(9-7-13)23-18-17(20)19(22-12-21-18)24-11-10-14-4-2-3-5-16(14)24/h2-9,12H,10-11,20H2,1H3,(H,21,22,23). The summed E-state index contributed by atoms with van der Waals surface area (Å²) >= 11 is 0. The highest BCUT2D eigenvalue weighted by Crippen LogP contribution is 2.38. The van der Waals surface area contributed by atoms with Gasteiger partial charge in [0, 0.05) is 17.9 Å². The van der Waals surface area contributed by atoms with Crippen LogP contribution in [-0.4, -0.2) is 16.5 Å². The van der Waals surface area contributed by atoms with Crippen molar-refractivity contribution in [3.8, 4) is 0 Å². The van der Waals surface area contributed by atoms with Crippen LogP contribution in [-0.2, 0) is 6.42 Å². The molecule has 3 N–H and O–H groups in total. The van der Waals surface area contributed by atoms with Crippen LogP contribution in [0.3, 0.4) is 0 Å². The summed E-state index contributed by atoms with van der Waals surface area (Å²) in [6.07, 6.45) is 2.56. The third-order valence-corrected chi connectivity index (χ3v) is 4.32. The first-order chi connectivity index (χ1) is 11.7. The van der Waals surface area contributed by atoms with Crippen molar-refractivity contribution in [1.29, 1.82) is 0 Å². The molecule has 0 aliphatic carbocycles. The average molecular weight is 317 g/mol. The van der Waals surface area contributed by atoms with Crippen molar-refractivity contribution in [3.63, 3.8) is 0 Å². The van der Waals surface area contributed by atoms with Gasteiger partial charge in [0.05, 0.1) is 0 Å². The first-order valence-electron chi connectivity index (χ1n) is 8.02. The van der Waals surface area contributed by atoms with E-state index >= 15 is 0 Å². The molecule has 0 radical (unpaired) electrons. The normalized spacial score (nSPS) is 13.0. The van der Waals surface area contributed by atoms with E-state index in [4.69, 9.17) is 5.73 Å². The van der Waals surface area contributed by atoms with Crippen LogP contribution < -0.4 is 16.0 Å². The maximum atomic E-state index is 6.37. The predicted molar refractivity (Wildman–Crippen MR) is 98.1 cm³/mol. The number of aryl methyl sites for hydroxylation is 1. The van der Waals surface area contributed by atoms with E-state index in [1.807, 2.05) is 18.2 Å². The van der Waals surface area contributed by atoms with Crippen molar-refractivity contribution in [2.75, 3.05) is 22.5 Å². The van der Waals surface area contributed by atoms with Gasteiger partial charge in [0.25, 0.3) is 0 Å². The number of nitrogens with one attached hydrogen (secondary N) is 1. The number of rotatable bonds is 3. The summed E-state index contributed by atoms with van der Waals surface area (Å²) in [4.78, 5) is 10.9. The van der Waals surface area contributed by atoms with Crippen molar-refractivity contribution in [3.05, 3.63) is 66.0 Å². The van der Waals surface area contributed by atoms with Gasteiger partial charge in [-0.3, -0.25) is 0 Å². The molecule has 1 aliphatic rings. The van der Waals surface area contributed by atoms with E-state index in [-0.39, 0.29) is 0 Å². The maximum absolute atomic E-state index is 6.37. The van der Waals surface area contributed by atoms with Gasteiger partial charge in [-0.05, 0) is 37.1 Å².